The first-order valence-electron chi connectivity index (χ1n) is 11.2. The molecule has 174 valence electrons. The molecule has 1 N–H and O–H groups in total. The summed E-state index contributed by atoms with van der Waals surface area (Å²) in [7, 11) is -2.68. The Bertz CT molecular complexity index is 955. The number of rotatable bonds is 9. The Hall–Kier alpha value is -2.54. The summed E-state index contributed by atoms with van der Waals surface area (Å²) in [4.78, 5) is 12.4. The van der Waals surface area contributed by atoms with Crippen molar-refractivity contribution in [2.45, 2.75) is 38.5 Å². The van der Waals surface area contributed by atoms with Crippen LogP contribution in [-0.2, 0) is 15.8 Å². The number of hydrogen-bond acceptors (Lipinski definition) is 4. The van der Waals surface area contributed by atoms with Gasteiger partial charge in [0.25, 0.3) is 8.32 Å². The van der Waals surface area contributed by atoms with Gasteiger partial charge >= 0.3 is 6.09 Å². The van der Waals surface area contributed by atoms with E-state index in [1.54, 1.807) is 0 Å². The summed E-state index contributed by atoms with van der Waals surface area (Å²) in [5.41, 5.74) is 0.943. The van der Waals surface area contributed by atoms with Gasteiger partial charge in [-0.2, -0.15) is 12.6 Å². The van der Waals surface area contributed by atoms with E-state index in [1.165, 1.54) is 10.4 Å². The van der Waals surface area contributed by atoms with Crippen LogP contribution >= 0.6 is 12.6 Å². The first kappa shape index (κ1) is 25.1. The summed E-state index contributed by atoms with van der Waals surface area (Å²) in [5.74, 6) is 0.443. The van der Waals surface area contributed by atoms with Crippen LogP contribution in [0.4, 0.5) is 4.79 Å². The normalized spacial score (nSPS) is 12.7. The van der Waals surface area contributed by atoms with Gasteiger partial charge in [-0.25, -0.2) is 4.79 Å². The molecule has 33 heavy (non-hydrogen) atoms. The molecule has 0 spiro atoms. The Balaban J connectivity index is 1.79. The minimum absolute atomic E-state index is 0.134. The van der Waals surface area contributed by atoms with Crippen LogP contribution in [0.5, 0.6) is 0 Å². The van der Waals surface area contributed by atoms with Crippen LogP contribution in [0, 0.1) is 0 Å². The Morgan fingerprint density at radius 2 is 1.36 bits per heavy atom. The number of thiol groups is 1. The molecule has 1 amide bonds. The third kappa shape index (κ3) is 6.28. The van der Waals surface area contributed by atoms with Gasteiger partial charge in [-0.1, -0.05) is 112 Å². The molecule has 0 saturated heterocycles. The van der Waals surface area contributed by atoms with Gasteiger partial charge in [0.15, 0.2) is 0 Å². The van der Waals surface area contributed by atoms with Crippen molar-refractivity contribution in [1.29, 1.82) is 0 Å². The summed E-state index contributed by atoms with van der Waals surface area (Å²) < 4.78 is 12.3. The van der Waals surface area contributed by atoms with Crippen LogP contribution in [0.15, 0.2) is 91.0 Å². The molecule has 0 aliphatic carbocycles. The average molecular weight is 480 g/mol. The molecule has 0 bridgehead atoms. The average Bonchev–Trinajstić information content (AvgIpc) is 2.83. The molecule has 0 fully saturated rings. The summed E-state index contributed by atoms with van der Waals surface area (Å²) in [6.07, 6.45) is -0.469. The maximum Gasteiger partial charge on any atom is 0.407 e. The van der Waals surface area contributed by atoms with Crippen LogP contribution in [0.3, 0.4) is 0 Å². The standard InChI is InChI=1S/C27H33NO3SSi/c1-27(2,3)33(24-15-9-5-10-16-24,25-17-11-6-12-18-25)31-20-23(21-32)28-26(29)30-19-22-13-7-4-8-14-22/h4-18,23,32H,19-21H2,1-3H3,(H,28,29)/t23-/m0/s1. The molecule has 6 heteroatoms. The van der Waals surface area contributed by atoms with Gasteiger partial charge in [-0.3, -0.25) is 0 Å². The topological polar surface area (TPSA) is 47.6 Å². The molecule has 0 heterocycles. The zero-order valence-electron chi connectivity index (χ0n) is 19.5. The number of nitrogens with one attached hydrogen (secondary N) is 1. The lowest BCUT2D eigenvalue weighted by Gasteiger charge is -2.43. The van der Waals surface area contributed by atoms with E-state index in [0.29, 0.717) is 12.4 Å². The molecule has 0 aliphatic rings. The first-order valence-corrected chi connectivity index (χ1v) is 13.7. The summed E-state index contributed by atoms with van der Waals surface area (Å²) >= 11 is 4.47. The lowest BCUT2D eigenvalue weighted by Crippen LogP contribution is -2.67. The second-order valence-electron chi connectivity index (χ2n) is 9.06. The number of alkyl carbamates (subject to hydrolysis) is 1. The highest BCUT2D eigenvalue weighted by atomic mass is 32.1. The summed E-state index contributed by atoms with van der Waals surface area (Å²) in [6, 6.07) is 30.3. The maximum absolute atomic E-state index is 12.4. The van der Waals surface area contributed by atoms with Crippen molar-refractivity contribution in [2.75, 3.05) is 12.4 Å². The van der Waals surface area contributed by atoms with E-state index in [4.69, 9.17) is 9.16 Å². The van der Waals surface area contributed by atoms with E-state index >= 15 is 0 Å². The van der Waals surface area contributed by atoms with Gasteiger partial charge in [0, 0.05) is 5.75 Å². The van der Waals surface area contributed by atoms with Crippen LogP contribution in [0.25, 0.3) is 0 Å². The van der Waals surface area contributed by atoms with Crippen molar-refractivity contribution >= 4 is 37.4 Å². The quantitative estimate of drug-likeness (QED) is 0.343. The van der Waals surface area contributed by atoms with Gasteiger partial charge < -0.3 is 14.5 Å². The van der Waals surface area contributed by atoms with Crippen LogP contribution < -0.4 is 15.7 Å². The lowest BCUT2D eigenvalue weighted by atomic mass is 10.2. The number of carbonyl (C=O) groups excluding carboxylic acids is 1. The van der Waals surface area contributed by atoms with Crippen molar-refractivity contribution in [3.05, 3.63) is 96.6 Å². The van der Waals surface area contributed by atoms with Gasteiger partial charge in [-0.15, -0.1) is 0 Å². The third-order valence-electron chi connectivity index (χ3n) is 5.67. The second-order valence-corrected chi connectivity index (χ2v) is 13.7. The predicted octanol–water partition coefficient (Wildman–Crippen LogP) is 4.79. The number of amides is 1. The van der Waals surface area contributed by atoms with Crippen molar-refractivity contribution in [3.8, 4) is 0 Å². The number of benzene rings is 3. The van der Waals surface area contributed by atoms with Crippen molar-refractivity contribution < 1.29 is 14.0 Å². The van der Waals surface area contributed by atoms with Crippen LogP contribution in [0.2, 0.25) is 5.04 Å². The lowest BCUT2D eigenvalue weighted by molar-refractivity contribution is 0.132. The Kier molecular flexibility index (Phi) is 8.78. The van der Waals surface area contributed by atoms with E-state index in [1.807, 2.05) is 42.5 Å². The minimum Gasteiger partial charge on any atom is -0.445 e. The molecule has 0 radical (unpaired) electrons. The molecule has 0 aromatic heterocycles. The second kappa shape index (κ2) is 11.5. The fourth-order valence-electron chi connectivity index (χ4n) is 4.06. The number of carbonyl (C=O) groups is 1. The molecule has 4 nitrogen and oxygen atoms in total. The smallest absolute Gasteiger partial charge is 0.407 e. The van der Waals surface area contributed by atoms with E-state index in [9.17, 15) is 4.79 Å². The third-order valence-corrected chi connectivity index (χ3v) is 11.1. The van der Waals surface area contributed by atoms with Gasteiger partial charge in [0.05, 0.1) is 12.6 Å². The van der Waals surface area contributed by atoms with Crippen molar-refractivity contribution in [2.24, 2.45) is 0 Å². The highest BCUT2D eigenvalue weighted by Gasteiger charge is 2.50. The monoisotopic (exact) mass is 479 g/mol. The van der Waals surface area contributed by atoms with Gasteiger partial charge in [0.1, 0.15) is 6.61 Å². The van der Waals surface area contributed by atoms with E-state index < -0.39 is 14.4 Å². The predicted molar refractivity (Wildman–Crippen MR) is 141 cm³/mol. The van der Waals surface area contributed by atoms with E-state index in [0.717, 1.165) is 5.56 Å². The molecule has 0 saturated carbocycles. The highest BCUT2D eigenvalue weighted by Crippen LogP contribution is 2.36. The molecule has 3 aromatic carbocycles. The van der Waals surface area contributed by atoms with Crippen molar-refractivity contribution in [3.63, 3.8) is 0 Å². The largest absolute Gasteiger partial charge is 0.445 e. The van der Waals surface area contributed by atoms with Crippen LogP contribution in [-0.4, -0.2) is 32.8 Å². The molecular formula is C27H33NO3SSi. The maximum atomic E-state index is 12.4. The molecule has 1 atom stereocenters. The Labute approximate surface area is 203 Å². The van der Waals surface area contributed by atoms with Gasteiger partial charge in [0.2, 0.25) is 0 Å². The van der Waals surface area contributed by atoms with E-state index in [-0.39, 0.29) is 17.7 Å². The van der Waals surface area contributed by atoms with Crippen LogP contribution in [0.1, 0.15) is 26.3 Å². The molecule has 0 unspecified atom stereocenters. The van der Waals surface area contributed by atoms with Gasteiger partial charge in [-0.05, 0) is 21.0 Å². The molecular weight excluding hydrogens is 446 g/mol. The zero-order chi connectivity index (χ0) is 23.7. The zero-order valence-corrected chi connectivity index (χ0v) is 21.4. The Morgan fingerprint density at radius 1 is 0.879 bits per heavy atom. The number of ether oxygens (including phenoxy) is 1. The summed E-state index contributed by atoms with van der Waals surface area (Å²) in [5, 5.41) is 5.19. The fourth-order valence-corrected chi connectivity index (χ4v) is 8.86. The number of hydrogen-bond donors (Lipinski definition) is 2. The minimum atomic E-state index is -2.68. The Morgan fingerprint density at radius 3 is 1.82 bits per heavy atom. The highest BCUT2D eigenvalue weighted by molar-refractivity contribution is 7.80. The van der Waals surface area contributed by atoms with Crippen molar-refractivity contribution in [1.82, 2.24) is 5.32 Å². The molecule has 0 aliphatic heterocycles. The molecule has 3 rings (SSSR count). The summed E-state index contributed by atoms with van der Waals surface area (Å²) in [6.45, 7) is 7.27. The molecule has 3 aromatic rings. The first-order chi connectivity index (χ1) is 15.9. The fraction of sp³-hybridized carbons (Fsp3) is 0.296. The SMILES string of the molecule is CC(C)(C)[Si](OC[C@@H](CS)NC(=O)OCc1ccccc1)(c1ccccc1)c1ccccc1. The van der Waals surface area contributed by atoms with E-state index in [2.05, 4.69) is 87.2 Å².